The zero-order chi connectivity index (χ0) is 9.10. The molecule has 0 heterocycles. The summed E-state index contributed by atoms with van der Waals surface area (Å²) in [6.45, 7) is 0. The maximum Gasteiger partial charge on any atom is 0.0406 e. The second-order valence-electron chi connectivity index (χ2n) is 2.91. The van der Waals surface area contributed by atoms with Gasteiger partial charge in [-0.2, -0.15) is 0 Å². The lowest BCUT2D eigenvalue weighted by molar-refractivity contribution is 1.64. The molecule has 0 aromatic heterocycles. The lowest BCUT2D eigenvalue weighted by Gasteiger charge is -1.94. The molecule has 0 saturated carbocycles. The third kappa shape index (κ3) is 2.10. The molecule has 64 valence electrons. The van der Waals surface area contributed by atoms with Crippen LogP contribution in [0.4, 0.5) is 0 Å². The van der Waals surface area contributed by atoms with Crippen LogP contribution in [0.15, 0.2) is 54.1 Å². The third-order valence-corrected chi connectivity index (χ3v) is 2.14. The molecule has 0 aliphatic heterocycles. The molecule has 2 rings (SSSR count). The van der Waals surface area contributed by atoms with Crippen LogP contribution in [0, 0.1) is 0 Å². The van der Waals surface area contributed by atoms with E-state index in [4.69, 9.17) is 11.6 Å². The van der Waals surface area contributed by atoms with Crippen LogP contribution in [-0.2, 0) is 0 Å². The summed E-state index contributed by atoms with van der Waals surface area (Å²) in [6.07, 6.45) is 10.3. The van der Waals surface area contributed by atoms with E-state index in [1.165, 1.54) is 11.1 Å². The van der Waals surface area contributed by atoms with Crippen molar-refractivity contribution in [2.24, 2.45) is 0 Å². The highest BCUT2D eigenvalue weighted by Gasteiger charge is 1.93. The van der Waals surface area contributed by atoms with Crippen LogP contribution in [0.5, 0.6) is 0 Å². The van der Waals surface area contributed by atoms with Crippen molar-refractivity contribution in [1.82, 2.24) is 0 Å². The van der Waals surface area contributed by atoms with Crippen molar-refractivity contribution in [3.8, 4) is 0 Å². The number of hydrogen-bond donors (Lipinski definition) is 0. The van der Waals surface area contributed by atoms with E-state index in [9.17, 15) is 0 Å². The highest BCUT2D eigenvalue weighted by atomic mass is 35.5. The van der Waals surface area contributed by atoms with Crippen LogP contribution in [0.25, 0.3) is 6.08 Å². The van der Waals surface area contributed by atoms with Crippen molar-refractivity contribution in [3.05, 3.63) is 64.7 Å². The van der Waals surface area contributed by atoms with Gasteiger partial charge < -0.3 is 0 Å². The van der Waals surface area contributed by atoms with E-state index in [2.05, 4.69) is 18.2 Å². The Balaban J connectivity index is 2.27. The molecule has 1 aliphatic carbocycles. The molecule has 0 bridgehead atoms. The molecule has 1 aliphatic rings. The van der Waals surface area contributed by atoms with E-state index in [0.29, 0.717) is 0 Å². The van der Waals surface area contributed by atoms with Gasteiger partial charge in [-0.15, -0.1) is 0 Å². The second kappa shape index (κ2) is 3.63. The average molecular weight is 189 g/mol. The van der Waals surface area contributed by atoms with Crippen LogP contribution in [0.3, 0.4) is 0 Å². The predicted molar refractivity (Wildman–Crippen MR) is 57.7 cm³/mol. The first-order chi connectivity index (χ1) is 6.34. The van der Waals surface area contributed by atoms with Crippen molar-refractivity contribution in [2.75, 3.05) is 0 Å². The summed E-state index contributed by atoms with van der Waals surface area (Å²) in [5, 5.41) is 0.777. The Kier molecular flexibility index (Phi) is 2.33. The minimum absolute atomic E-state index is 0.777. The maximum absolute atomic E-state index is 5.78. The maximum atomic E-state index is 5.78. The first-order valence-electron chi connectivity index (χ1n) is 4.17. The summed E-state index contributed by atoms with van der Waals surface area (Å²) in [7, 11) is 0. The molecule has 0 spiro atoms. The molecular formula is C12H9Cl. The highest BCUT2D eigenvalue weighted by molar-refractivity contribution is 6.30. The standard InChI is InChI=1S/C12H9Cl/c13-12-7-5-11(6-8-12)9-10-3-1-2-4-10/h1-9H. The zero-order valence-electron chi connectivity index (χ0n) is 7.07. The van der Waals surface area contributed by atoms with Crippen molar-refractivity contribution < 1.29 is 0 Å². The van der Waals surface area contributed by atoms with Gasteiger partial charge in [0.05, 0.1) is 0 Å². The highest BCUT2D eigenvalue weighted by Crippen LogP contribution is 2.15. The number of hydrogen-bond acceptors (Lipinski definition) is 0. The fourth-order valence-corrected chi connectivity index (χ4v) is 1.36. The average Bonchev–Trinajstić information content (AvgIpc) is 2.62. The Morgan fingerprint density at radius 2 is 1.54 bits per heavy atom. The van der Waals surface area contributed by atoms with E-state index in [-0.39, 0.29) is 0 Å². The summed E-state index contributed by atoms with van der Waals surface area (Å²) >= 11 is 5.78. The van der Waals surface area contributed by atoms with Crippen LogP contribution >= 0.6 is 11.6 Å². The van der Waals surface area contributed by atoms with Gasteiger partial charge in [0.1, 0.15) is 0 Å². The van der Waals surface area contributed by atoms with Crippen molar-refractivity contribution in [2.45, 2.75) is 0 Å². The van der Waals surface area contributed by atoms with E-state index in [1.807, 2.05) is 36.4 Å². The minimum atomic E-state index is 0.777. The van der Waals surface area contributed by atoms with E-state index < -0.39 is 0 Å². The topological polar surface area (TPSA) is 0 Å². The molecule has 0 atom stereocenters. The molecule has 13 heavy (non-hydrogen) atoms. The molecule has 0 nitrogen and oxygen atoms in total. The number of halogens is 1. The molecule has 0 fully saturated rings. The number of benzene rings is 1. The number of allylic oxidation sites excluding steroid dienone is 5. The summed E-state index contributed by atoms with van der Waals surface area (Å²) in [5.74, 6) is 0. The first-order valence-corrected chi connectivity index (χ1v) is 4.54. The van der Waals surface area contributed by atoms with Gasteiger partial charge in [-0.3, -0.25) is 0 Å². The lowest BCUT2D eigenvalue weighted by atomic mass is 10.1. The van der Waals surface area contributed by atoms with Gasteiger partial charge >= 0.3 is 0 Å². The van der Waals surface area contributed by atoms with E-state index >= 15 is 0 Å². The largest absolute Gasteiger partial charge is 0.0843 e. The molecule has 1 heteroatoms. The minimum Gasteiger partial charge on any atom is -0.0843 e. The van der Waals surface area contributed by atoms with Crippen LogP contribution in [0.1, 0.15) is 5.56 Å². The predicted octanol–water partition coefficient (Wildman–Crippen LogP) is 3.85. The lowest BCUT2D eigenvalue weighted by Crippen LogP contribution is -1.72. The molecule has 0 saturated heterocycles. The van der Waals surface area contributed by atoms with Crippen molar-refractivity contribution in [1.29, 1.82) is 0 Å². The monoisotopic (exact) mass is 188 g/mol. The molecular weight excluding hydrogens is 180 g/mol. The Morgan fingerprint density at radius 1 is 0.923 bits per heavy atom. The van der Waals surface area contributed by atoms with E-state index in [0.717, 1.165) is 5.02 Å². The Labute approximate surface area is 82.8 Å². The Hall–Kier alpha value is -1.27. The van der Waals surface area contributed by atoms with Crippen LogP contribution in [-0.4, -0.2) is 0 Å². The van der Waals surface area contributed by atoms with Crippen LogP contribution in [0.2, 0.25) is 5.02 Å². The van der Waals surface area contributed by atoms with Gasteiger partial charge in [0.25, 0.3) is 0 Å². The fraction of sp³-hybridized carbons (Fsp3) is 0. The second-order valence-corrected chi connectivity index (χ2v) is 3.35. The van der Waals surface area contributed by atoms with Crippen LogP contribution < -0.4 is 0 Å². The SMILES string of the molecule is Clc1ccc(C=C2C=CC=C2)cc1. The molecule has 0 amide bonds. The normalized spacial score (nSPS) is 13.8. The number of rotatable bonds is 1. The first kappa shape index (κ1) is 8.33. The molecule has 0 radical (unpaired) electrons. The van der Waals surface area contributed by atoms with Crippen molar-refractivity contribution >= 4 is 17.7 Å². The molecule has 0 unspecified atom stereocenters. The fourth-order valence-electron chi connectivity index (χ4n) is 1.24. The van der Waals surface area contributed by atoms with Gasteiger partial charge in [0.15, 0.2) is 0 Å². The molecule has 1 aromatic carbocycles. The van der Waals surface area contributed by atoms with Crippen molar-refractivity contribution in [3.63, 3.8) is 0 Å². The zero-order valence-corrected chi connectivity index (χ0v) is 7.83. The molecule has 1 aromatic rings. The van der Waals surface area contributed by atoms with Gasteiger partial charge in [-0.05, 0) is 29.3 Å². The van der Waals surface area contributed by atoms with E-state index in [1.54, 1.807) is 0 Å². The smallest absolute Gasteiger partial charge is 0.0406 e. The summed E-state index contributed by atoms with van der Waals surface area (Å²) in [6, 6.07) is 7.82. The van der Waals surface area contributed by atoms with Gasteiger partial charge in [-0.25, -0.2) is 0 Å². The Bertz CT molecular complexity index is 366. The summed E-state index contributed by atoms with van der Waals surface area (Å²) in [4.78, 5) is 0. The van der Waals surface area contributed by atoms with Gasteiger partial charge in [0.2, 0.25) is 0 Å². The Morgan fingerprint density at radius 3 is 2.15 bits per heavy atom. The quantitative estimate of drug-likeness (QED) is 0.628. The third-order valence-electron chi connectivity index (χ3n) is 1.89. The van der Waals surface area contributed by atoms with Gasteiger partial charge in [0, 0.05) is 5.02 Å². The summed E-state index contributed by atoms with van der Waals surface area (Å²) in [5.41, 5.74) is 2.40. The molecule has 0 N–H and O–H groups in total. The summed E-state index contributed by atoms with van der Waals surface area (Å²) < 4.78 is 0. The van der Waals surface area contributed by atoms with Gasteiger partial charge in [-0.1, -0.05) is 48.0 Å².